The molecule has 9 heteroatoms. The van der Waals surface area contributed by atoms with E-state index in [9.17, 15) is 9.59 Å². The fraction of sp³-hybridized carbons (Fsp3) is 0.235. The average molecular weight is 416 g/mol. The van der Waals surface area contributed by atoms with Crippen molar-refractivity contribution in [2.45, 2.75) is 6.92 Å². The summed E-state index contributed by atoms with van der Waals surface area (Å²) in [5.41, 5.74) is 1.35. The lowest BCUT2D eigenvalue weighted by molar-refractivity contribution is -0.119. The zero-order chi connectivity index (χ0) is 19.3. The molecule has 1 heterocycles. The Morgan fingerprint density at radius 1 is 1.00 bits per heavy atom. The third kappa shape index (κ3) is 6.14. The summed E-state index contributed by atoms with van der Waals surface area (Å²) in [6.45, 7) is 1.93. The first-order valence-electron chi connectivity index (χ1n) is 7.60. The van der Waals surface area contributed by atoms with Crippen molar-refractivity contribution < 1.29 is 9.59 Å². The predicted molar refractivity (Wildman–Crippen MR) is 105 cm³/mol. The fourth-order valence-electron chi connectivity index (χ4n) is 2.08. The molecule has 2 amide bonds. The summed E-state index contributed by atoms with van der Waals surface area (Å²) in [6, 6.07) is 6.49. The Morgan fingerprint density at radius 3 is 2.23 bits per heavy atom. The number of nitrogens with zero attached hydrogens (tertiary/aromatic N) is 2. The van der Waals surface area contributed by atoms with Crippen molar-refractivity contribution in [2.24, 2.45) is 0 Å². The second-order valence-electron chi connectivity index (χ2n) is 5.74. The van der Waals surface area contributed by atoms with Crippen LogP contribution in [0.1, 0.15) is 5.56 Å². The molecule has 0 spiro atoms. The molecule has 138 valence electrons. The summed E-state index contributed by atoms with van der Waals surface area (Å²) in [6.07, 6.45) is 1.66. The van der Waals surface area contributed by atoms with E-state index in [2.05, 4.69) is 15.6 Å². The number of aromatic nitrogens is 1. The van der Waals surface area contributed by atoms with E-state index >= 15 is 0 Å². The molecule has 2 aromatic rings. The standard InChI is InChI=1S/C17H17Cl3N4O2/c1-10-3-4-15(21-7-10)23-17(26)9-24(2)8-16(25)22-14-6-12(19)11(18)5-13(14)20/h3-7H,8-9H2,1-2H3,(H,22,25)(H,21,23,26). The second-order valence-corrected chi connectivity index (χ2v) is 6.96. The highest BCUT2D eigenvalue weighted by atomic mass is 35.5. The second kappa shape index (κ2) is 9.19. The number of carbonyl (C=O) groups excluding carboxylic acids is 2. The summed E-state index contributed by atoms with van der Waals surface area (Å²) < 4.78 is 0. The fourth-order valence-corrected chi connectivity index (χ4v) is 2.67. The largest absolute Gasteiger partial charge is 0.324 e. The molecule has 0 aliphatic rings. The van der Waals surface area contributed by atoms with Crippen LogP contribution in [-0.4, -0.2) is 41.8 Å². The topological polar surface area (TPSA) is 74.3 Å². The molecule has 0 aliphatic carbocycles. The maximum Gasteiger partial charge on any atom is 0.239 e. The van der Waals surface area contributed by atoms with Gasteiger partial charge in [0.25, 0.3) is 0 Å². The molecule has 2 rings (SSSR count). The van der Waals surface area contributed by atoms with Gasteiger partial charge in [0, 0.05) is 6.20 Å². The molecule has 0 fully saturated rings. The Labute approximate surface area is 166 Å². The summed E-state index contributed by atoms with van der Waals surface area (Å²) in [5.74, 6) is -0.153. The van der Waals surface area contributed by atoms with Gasteiger partial charge in [-0.3, -0.25) is 14.5 Å². The van der Waals surface area contributed by atoms with Gasteiger partial charge < -0.3 is 10.6 Å². The molecule has 26 heavy (non-hydrogen) atoms. The van der Waals surface area contributed by atoms with Crippen LogP contribution >= 0.6 is 34.8 Å². The molecule has 1 aromatic carbocycles. The number of aryl methyl sites for hydroxylation is 1. The Morgan fingerprint density at radius 2 is 1.62 bits per heavy atom. The number of rotatable bonds is 6. The quantitative estimate of drug-likeness (QED) is 0.703. The van der Waals surface area contributed by atoms with Crippen LogP contribution in [0.25, 0.3) is 0 Å². The third-order valence-corrected chi connectivity index (χ3v) is 4.32. The monoisotopic (exact) mass is 414 g/mol. The summed E-state index contributed by atoms with van der Waals surface area (Å²) in [5, 5.41) is 6.17. The number of benzene rings is 1. The van der Waals surface area contributed by atoms with E-state index in [1.807, 2.05) is 13.0 Å². The number of likely N-dealkylation sites (N-methyl/N-ethyl adjacent to an activating group) is 1. The van der Waals surface area contributed by atoms with Gasteiger partial charge >= 0.3 is 0 Å². The van der Waals surface area contributed by atoms with Crippen LogP contribution in [0.5, 0.6) is 0 Å². The molecule has 0 atom stereocenters. The molecular formula is C17H17Cl3N4O2. The van der Waals surface area contributed by atoms with Gasteiger partial charge in [0.1, 0.15) is 5.82 Å². The SMILES string of the molecule is Cc1ccc(NC(=O)CN(C)CC(=O)Nc2cc(Cl)c(Cl)cc2Cl)nc1. The van der Waals surface area contributed by atoms with Crippen LogP contribution in [0.2, 0.25) is 15.1 Å². The zero-order valence-corrected chi connectivity index (χ0v) is 16.4. The minimum Gasteiger partial charge on any atom is -0.324 e. The number of halogens is 3. The average Bonchev–Trinajstić information content (AvgIpc) is 2.54. The van der Waals surface area contributed by atoms with Crippen molar-refractivity contribution in [1.29, 1.82) is 0 Å². The number of amides is 2. The van der Waals surface area contributed by atoms with Crippen molar-refractivity contribution in [3.8, 4) is 0 Å². The molecule has 0 bridgehead atoms. The lowest BCUT2D eigenvalue weighted by atomic mass is 10.3. The summed E-state index contributed by atoms with van der Waals surface area (Å²) >= 11 is 17.8. The van der Waals surface area contributed by atoms with Crippen LogP contribution in [-0.2, 0) is 9.59 Å². The Balaban J connectivity index is 1.85. The van der Waals surface area contributed by atoms with Crippen molar-refractivity contribution in [3.63, 3.8) is 0 Å². The molecule has 6 nitrogen and oxygen atoms in total. The van der Waals surface area contributed by atoms with Crippen LogP contribution in [0.3, 0.4) is 0 Å². The smallest absolute Gasteiger partial charge is 0.239 e. The van der Waals surface area contributed by atoms with Gasteiger partial charge in [-0.2, -0.15) is 0 Å². The van der Waals surface area contributed by atoms with E-state index in [1.165, 1.54) is 12.1 Å². The van der Waals surface area contributed by atoms with E-state index < -0.39 is 0 Å². The normalized spacial score (nSPS) is 10.7. The Bertz CT molecular complexity index is 812. The molecule has 2 N–H and O–H groups in total. The molecule has 0 saturated heterocycles. The number of pyridine rings is 1. The number of carbonyl (C=O) groups is 2. The lowest BCUT2D eigenvalue weighted by Gasteiger charge is -2.16. The van der Waals surface area contributed by atoms with Crippen molar-refractivity contribution in [2.75, 3.05) is 30.8 Å². The third-order valence-electron chi connectivity index (χ3n) is 3.29. The van der Waals surface area contributed by atoms with E-state index in [-0.39, 0.29) is 34.9 Å². The van der Waals surface area contributed by atoms with Crippen molar-refractivity contribution >= 4 is 58.1 Å². The van der Waals surface area contributed by atoms with Gasteiger partial charge in [-0.05, 0) is 37.7 Å². The summed E-state index contributed by atoms with van der Waals surface area (Å²) in [7, 11) is 1.65. The molecule has 0 radical (unpaired) electrons. The number of hydrogen-bond donors (Lipinski definition) is 2. The molecule has 0 unspecified atom stereocenters. The van der Waals surface area contributed by atoms with Gasteiger partial charge in [0.15, 0.2) is 0 Å². The summed E-state index contributed by atoms with van der Waals surface area (Å²) in [4.78, 5) is 29.8. The first-order valence-corrected chi connectivity index (χ1v) is 8.73. The minimum atomic E-state index is -0.339. The molecule has 0 aliphatic heterocycles. The maximum absolute atomic E-state index is 12.1. The highest BCUT2D eigenvalue weighted by molar-refractivity contribution is 6.44. The Kier molecular flexibility index (Phi) is 7.23. The first-order chi connectivity index (χ1) is 12.2. The van der Waals surface area contributed by atoms with E-state index in [1.54, 1.807) is 24.2 Å². The van der Waals surface area contributed by atoms with Gasteiger partial charge in [0.05, 0.1) is 33.8 Å². The number of hydrogen-bond acceptors (Lipinski definition) is 4. The zero-order valence-electron chi connectivity index (χ0n) is 14.1. The molecule has 0 saturated carbocycles. The molecule has 1 aromatic heterocycles. The molecular weight excluding hydrogens is 399 g/mol. The lowest BCUT2D eigenvalue weighted by Crippen LogP contribution is -2.36. The van der Waals surface area contributed by atoms with Crippen LogP contribution in [0, 0.1) is 6.92 Å². The maximum atomic E-state index is 12.1. The van der Waals surface area contributed by atoms with E-state index in [4.69, 9.17) is 34.8 Å². The number of nitrogens with one attached hydrogen (secondary N) is 2. The predicted octanol–water partition coefficient (Wildman–Crippen LogP) is 3.86. The highest BCUT2D eigenvalue weighted by Gasteiger charge is 2.14. The van der Waals surface area contributed by atoms with Gasteiger partial charge in [-0.1, -0.05) is 40.9 Å². The first kappa shape index (κ1) is 20.5. The minimum absolute atomic E-state index is 0.00861. The van der Waals surface area contributed by atoms with Crippen molar-refractivity contribution in [3.05, 3.63) is 51.1 Å². The van der Waals surface area contributed by atoms with E-state index in [0.717, 1.165) is 5.56 Å². The van der Waals surface area contributed by atoms with E-state index in [0.29, 0.717) is 16.5 Å². The Hall–Kier alpha value is -1.86. The highest BCUT2D eigenvalue weighted by Crippen LogP contribution is 2.32. The van der Waals surface area contributed by atoms with Crippen LogP contribution in [0.15, 0.2) is 30.5 Å². The number of anilines is 2. The van der Waals surface area contributed by atoms with Crippen LogP contribution in [0.4, 0.5) is 11.5 Å². The van der Waals surface area contributed by atoms with Gasteiger partial charge in [-0.25, -0.2) is 4.98 Å². The van der Waals surface area contributed by atoms with Crippen LogP contribution < -0.4 is 10.6 Å². The van der Waals surface area contributed by atoms with Crippen molar-refractivity contribution in [1.82, 2.24) is 9.88 Å². The van der Waals surface area contributed by atoms with Gasteiger partial charge in [0.2, 0.25) is 11.8 Å². The van der Waals surface area contributed by atoms with Gasteiger partial charge in [-0.15, -0.1) is 0 Å².